The second kappa shape index (κ2) is 9.12. The first kappa shape index (κ1) is 20.4. The predicted octanol–water partition coefficient (Wildman–Crippen LogP) is 3.91. The summed E-state index contributed by atoms with van der Waals surface area (Å²) in [7, 11) is 0. The second-order valence-electron chi connectivity index (χ2n) is 6.73. The van der Waals surface area contributed by atoms with E-state index in [-0.39, 0.29) is 23.5 Å². The van der Waals surface area contributed by atoms with Crippen LogP contribution in [0.3, 0.4) is 0 Å². The molecule has 1 N–H and O–H groups in total. The van der Waals surface area contributed by atoms with Crippen LogP contribution in [0.4, 0.5) is 4.39 Å². The van der Waals surface area contributed by atoms with Crippen LogP contribution >= 0.6 is 0 Å². The van der Waals surface area contributed by atoms with Crippen LogP contribution in [0.2, 0.25) is 0 Å². The summed E-state index contributed by atoms with van der Waals surface area (Å²) in [4.78, 5) is 24.8. The van der Waals surface area contributed by atoms with E-state index in [0.29, 0.717) is 6.54 Å². The fourth-order valence-corrected chi connectivity index (χ4v) is 2.91. The summed E-state index contributed by atoms with van der Waals surface area (Å²) in [6.07, 6.45) is 0. The molecule has 27 heavy (non-hydrogen) atoms. The highest BCUT2D eigenvalue weighted by molar-refractivity contribution is 5.95. The normalized spacial score (nSPS) is 13.3. The summed E-state index contributed by atoms with van der Waals surface area (Å²) in [5.41, 5.74) is 4.56. The van der Waals surface area contributed by atoms with Crippen LogP contribution in [-0.2, 0) is 16.1 Å². The Kier molecular flexibility index (Phi) is 6.88. The number of rotatable bonds is 3. The van der Waals surface area contributed by atoms with Gasteiger partial charge in [-0.25, -0.2) is 4.39 Å². The molecular formula is C22H25FN2O2. The van der Waals surface area contributed by atoms with Crippen molar-refractivity contribution in [3.8, 4) is 0 Å². The second-order valence-corrected chi connectivity index (χ2v) is 6.73. The van der Waals surface area contributed by atoms with Crippen molar-refractivity contribution in [1.29, 1.82) is 0 Å². The Bertz CT molecular complexity index is 833. The van der Waals surface area contributed by atoms with Crippen LogP contribution in [0.5, 0.6) is 0 Å². The molecular weight excluding hydrogens is 343 g/mol. The summed E-state index contributed by atoms with van der Waals surface area (Å²) < 4.78 is 11.9. The Balaban J connectivity index is 0.000000313. The molecule has 2 aromatic carbocycles. The maximum atomic E-state index is 11.9. The first-order chi connectivity index (χ1) is 12.8. The van der Waals surface area contributed by atoms with E-state index < -0.39 is 0 Å². The fraction of sp³-hybridized carbons (Fsp3) is 0.273. The van der Waals surface area contributed by atoms with Gasteiger partial charge in [0.2, 0.25) is 11.8 Å². The quantitative estimate of drug-likeness (QED) is 0.894. The van der Waals surface area contributed by atoms with Gasteiger partial charge in [0.1, 0.15) is 5.82 Å². The monoisotopic (exact) mass is 368 g/mol. The number of carbonyl (C=O) groups excluding carboxylic acids is 2. The van der Waals surface area contributed by atoms with Crippen molar-refractivity contribution >= 4 is 17.5 Å². The zero-order valence-electron chi connectivity index (χ0n) is 16.0. The Labute approximate surface area is 159 Å². The molecule has 0 radical (unpaired) electrons. The number of imide groups is 1. The van der Waals surface area contributed by atoms with Crippen LogP contribution in [0.15, 0.2) is 55.1 Å². The molecule has 0 saturated heterocycles. The Morgan fingerprint density at radius 2 is 1.89 bits per heavy atom. The van der Waals surface area contributed by atoms with Crippen molar-refractivity contribution in [3.05, 3.63) is 77.6 Å². The topological polar surface area (TPSA) is 49.4 Å². The van der Waals surface area contributed by atoms with Gasteiger partial charge in [0.05, 0.1) is 5.92 Å². The lowest BCUT2D eigenvalue weighted by Gasteiger charge is -2.22. The van der Waals surface area contributed by atoms with E-state index in [1.165, 1.54) is 30.2 Å². The van der Waals surface area contributed by atoms with Gasteiger partial charge in [-0.3, -0.25) is 14.9 Å². The van der Waals surface area contributed by atoms with Gasteiger partial charge in [-0.15, -0.1) is 0 Å². The highest BCUT2D eigenvalue weighted by atomic mass is 19.1. The summed E-state index contributed by atoms with van der Waals surface area (Å²) in [6.45, 7) is 10.7. The van der Waals surface area contributed by atoms with Crippen LogP contribution in [0.1, 0.15) is 30.5 Å². The zero-order chi connectivity index (χ0) is 20.0. The molecule has 1 atom stereocenters. The molecule has 0 aliphatic carbocycles. The lowest BCUT2D eigenvalue weighted by Crippen LogP contribution is -2.37. The van der Waals surface area contributed by atoms with Gasteiger partial charge >= 0.3 is 0 Å². The summed E-state index contributed by atoms with van der Waals surface area (Å²) in [6, 6.07) is 14.2. The van der Waals surface area contributed by atoms with E-state index in [2.05, 4.69) is 41.9 Å². The van der Waals surface area contributed by atoms with Crippen LogP contribution in [0, 0.1) is 18.7 Å². The predicted molar refractivity (Wildman–Crippen MR) is 105 cm³/mol. The van der Waals surface area contributed by atoms with E-state index in [0.717, 1.165) is 17.8 Å². The van der Waals surface area contributed by atoms with Crippen LogP contribution < -0.4 is 5.32 Å². The van der Waals surface area contributed by atoms with E-state index >= 15 is 0 Å². The minimum Gasteiger partial charge on any atom is -0.366 e. The largest absolute Gasteiger partial charge is 0.366 e. The van der Waals surface area contributed by atoms with Crippen molar-refractivity contribution in [1.82, 2.24) is 10.2 Å². The number of hydrogen-bond donors (Lipinski definition) is 1. The number of amides is 2. The summed E-state index contributed by atoms with van der Waals surface area (Å²) in [5, 5.41) is 2.33. The van der Waals surface area contributed by atoms with E-state index in [1.807, 2.05) is 6.92 Å². The molecule has 0 fully saturated rings. The Hall–Kier alpha value is -2.95. The maximum absolute atomic E-state index is 11.9. The van der Waals surface area contributed by atoms with Gasteiger partial charge in [-0.2, -0.15) is 0 Å². The third-order valence-electron chi connectivity index (χ3n) is 4.29. The Morgan fingerprint density at radius 1 is 1.22 bits per heavy atom. The van der Waals surface area contributed by atoms with Gasteiger partial charge in [0.15, 0.2) is 0 Å². The van der Waals surface area contributed by atoms with Gasteiger partial charge in [-0.05, 0) is 24.6 Å². The maximum Gasteiger partial charge on any atom is 0.231 e. The van der Waals surface area contributed by atoms with Crippen LogP contribution in [-0.4, -0.2) is 23.3 Å². The average molecular weight is 368 g/mol. The molecule has 0 spiro atoms. The van der Waals surface area contributed by atoms with E-state index in [1.54, 1.807) is 18.2 Å². The van der Waals surface area contributed by atoms with Crippen LogP contribution in [0.25, 0.3) is 5.70 Å². The van der Waals surface area contributed by atoms with E-state index in [9.17, 15) is 14.0 Å². The minimum absolute atomic E-state index is 0.178. The highest BCUT2D eigenvalue weighted by Gasteiger charge is 2.25. The number of fused-ring (bicyclic) bond motifs is 1. The molecule has 3 rings (SSSR count). The molecule has 2 amide bonds. The molecule has 1 aliphatic heterocycles. The lowest BCUT2D eigenvalue weighted by atomic mass is 10.1. The van der Waals surface area contributed by atoms with Crippen molar-refractivity contribution in [2.24, 2.45) is 5.92 Å². The zero-order valence-corrected chi connectivity index (χ0v) is 16.0. The number of halogens is 1. The highest BCUT2D eigenvalue weighted by Crippen LogP contribution is 2.32. The van der Waals surface area contributed by atoms with Crippen molar-refractivity contribution in [2.45, 2.75) is 27.3 Å². The molecule has 2 aromatic rings. The lowest BCUT2D eigenvalue weighted by molar-refractivity contribution is -0.131. The number of benzene rings is 2. The van der Waals surface area contributed by atoms with Gasteiger partial charge in [0, 0.05) is 31.3 Å². The first-order valence-electron chi connectivity index (χ1n) is 8.83. The number of hydrogen-bond acceptors (Lipinski definition) is 3. The summed E-state index contributed by atoms with van der Waals surface area (Å²) >= 11 is 0. The molecule has 5 heteroatoms. The summed E-state index contributed by atoms with van der Waals surface area (Å²) in [5.74, 6) is -0.994. The SMILES string of the molecule is C=C1c2ccc(C)cc2CN1CC(C)C(=O)NC(C)=O.Fc1ccccc1. The fourth-order valence-electron chi connectivity index (χ4n) is 2.91. The van der Waals surface area contributed by atoms with E-state index in [4.69, 9.17) is 0 Å². The minimum atomic E-state index is -0.319. The molecule has 142 valence electrons. The third kappa shape index (κ3) is 5.78. The smallest absolute Gasteiger partial charge is 0.231 e. The molecule has 0 saturated carbocycles. The molecule has 1 unspecified atom stereocenters. The Morgan fingerprint density at radius 3 is 2.44 bits per heavy atom. The molecule has 0 aromatic heterocycles. The van der Waals surface area contributed by atoms with Crippen molar-refractivity contribution < 1.29 is 14.0 Å². The average Bonchev–Trinajstić information content (AvgIpc) is 2.90. The molecule has 1 aliphatic rings. The first-order valence-corrected chi connectivity index (χ1v) is 8.83. The van der Waals surface area contributed by atoms with Crippen molar-refractivity contribution in [2.75, 3.05) is 6.54 Å². The standard InChI is InChI=1S/C16H20N2O2.C6H5F/c1-10-5-6-15-12(3)18(9-14(15)7-10)8-11(2)16(20)17-13(4)19;7-6-4-2-1-3-5-6/h5-7,11H,3,8-9H2,1-2,4H3,(H,17,19,20);1-5H. The number of nitrogens with zero attached hydrogens (tertiary/aromatic N) is 1. The van der Waals surface area contributed by atoms with Crippen molar-refractivity contribution in [3.63, 3.8) is 0 Å². The number of aryl methyl sites for hydroxylation is 1. The number of nitrogens with one attached hydrogen (secondary N) is 1. The van der Waals surface area contributed by atoms with Gasteiger partial charge in [-0.1, -0.05) is 55.5 Å². The number of carbonyl (C=O) groups is 2. The van der Waals surface area contributed by atoms with Gasteiger partial charge in [0.25, 0.3) is 0 Å². The third-order valence-corrected chi connectivity index (χ3v) is 4.29. The molecule has 4 nitrogen and oxygen atoms in total. The van der Waals surface area contributed by atoms with Gasteiger partial charge < -0.3 is 4.90 Å². The molecule has 0 bridgehead atoms. The molecule has 1 heterocycles.